The first-order valence-electron chi connectivity index (χ1n) is 12.7. The lowest BCUT2D eigenvalue weighted by molar-refractivity contribution is 0.794. The van der Waals surface area contributed by atoms with Crippen molar-refractivity contribution in [1.29, 1.82) is 0 Å². The van der Waals surface area contributed by atoms with Gasteiger partial charge in [0.1, 0.15) is 11.6 Å². The number of benzene rings is 2. The van der Waals surface area contributed by atoms with Crippen LogP contribution in [0, 0.1) is 0 Å². The van der Waals surface area contributed by atoms with Gasteiger partial charge in [0.15, 0.2) is 0 Å². The molecule has 1 aliphatic heterocycles. The second-order valence-corrected chi connectivity index (χ2v) is 11.6. The van der Waals surface area contributed by atoms with E-state index >= 15 is 0 Å². The number of thiophene rings is 2. The highest BCUT2D eigenvalue weighted by atomic mass is 32.1. The summed E-state index contributed by atoms with van der Waals surface area (Å²) in [7, 11) is 0. The predicted molar refractivity (Wildman–Crippen MR) is 159 cm³/mol. The number of hydrogen-bond acceptors (Lipinski definition) is 6. The average molecular weight is 519 g/mol. The Labute approximate surface area is 224 Å². The maximum absolute atomic E-state index is 4.85. The van der Waals surface area contributed by atoms with Gasteiger partial charge in [-0.05, 0) is 65.7 Å². The maximum Gasteiger partial charge on any atom is 0.128 e. The van der Waals surface area contributed by atoms with Crippen molar-refractivity contribution in [2.75, 3.05) is 36.0 Å². The molecule has 0 N–H and O–H groups in total. The molecule has 2 aromatic carbocycles. The molecule has 0 radical (unpaired) electrons. The summed E-state index contributed by atoms with van der Waals surface area (Å²) in [6.45, 7) is 3.89. The number of fused-ring (bicyclic) bond motifs is 2. The van der Waals surface area contributed by atoms with Gasteiger partial charge in [-0.3, -0.25) is 0 Å². The summed E-state index contributed by atoms with van der Waals surface area (Å²) in [4.78, 5) is 17.0. The van der Waals surface area contributed by atoms with Crippen molar-refractivity contribution in [2.24, 2.45) is 0 Å². The Morgan fingerprint density at radius 1 is 0.541 bits per heavy atom. The molecule has 0 bridgehead atoms. The van der Waals surface area contributed by atoms with Gasteiger partial charge < -0.3 is 9.80 Å². The van der Waals surface area contributed by atoms with Crippen molar-refractivity contribution < 1.29 is 0 Å². The normalized spacial score (nSPS) is 14.4. The summed E-state index contributed by atoms with van der Waals surface area (Å²) in [6, 6.07) is 30.4. The average Bonchev–Trinajstić information content (AvgIpc) is 3.51. The minimum atomic E-state index is 0.939. The van der Waals surface area contributed by atoms with Crippen LogP contribution < -0.4 is 9.80 Å². The highest BCUT2D eigenvalue weighted by Gasteiger charge is 2.18. The van der Waals surface area contributed by atoms with Crippen LogP contribution in [0.15, 0.2) is 97.3 Å². The van der Waals surface area contributed by atoms with Crippen molar-refractivity contribution >= 4 is 54.5 Å². The summed E-state index contributed by atoms with van der Waals surface area (Å²) in [5.41, 5.74) is 2.37. The number of aromatic nitrogens is 2. The van der Waals surface area contributed by atoms with Crippen LogP contribution in [0.1, 0.15) is 6.42 Å². The van der Waals surface area contributed by atoms with E-state index in [9.17, 15) is 0 Å². The quantitative estimate of drug-likeness (QED) is 0.237. The Kier molecular flexibility index (Phi) is 5.84. The molecule has 1 fully saturated rings. The number of hydrogen-bond donors (Lipinski definition) is 0. The van der Waals surface area contributed by atoms with Gasteiger partial charge in [-0.1, -0.05) is 36.4 Å². The van der Waals surface area contributed by atoms with Crippen LogP contribution >= 0.6 is 22.7 Å². The Bertz CT molecular complexity index is 1480. The van der Waals surface area contributed by atoms with Crippen LogP contribution in [0.25, 0.3) is 41.1 Å². The molecule has 4 aromatic heterocycles. The van der Waals surface area contributed by atoms with Crippen molar-refractivity contribution in [3.8, 4) is 20.9 Å². The fraction of sp³-hybridized carbons (Fsp3) is 0.161. The number of anilines is 2. The molecule has 6 heteroatoms. The highest BCUT2D eigenvalue weighted by Crippen LogP contribution is 2.35. The van der Waals surface area contributed by atoms with Gasteiger partial charge in [-0.2, -0.15) is 0 Å². The van der Waals surface area contributed by atoms with Crippen LogP contribution in [-0.4, -0.2) is 36.1 Å². The lowest BCUT2D eigenvalue weighted by Gasteiger charge is -2.23. The Morgan fingerprint density at radius 3 is 1.46 bits per heavy atom. The van der Waals surface area contributed by atoms with Crippen LogP contribution in [0.5, 0.6) is 0 Å². The molecule has 6 aromatic rings. The van der Waals surface area contributed by atoms with Crippen molar-refractivity contribution in [1.82, 2.24) is 9.97 Å². The van der Waals surface area contributed by atoms with E-state index in [-0.39, 0.29) is 0 Å². The van der Waals surface area contributed by atoms with Gasteiger partial charge in [0.2, 0.25) is 0 Å². The molecular weight excluding hydrogens is 493 g/mol. The first kappa shape index (κ1) is 22.5. The van der Waals surface area contributed by atoms with Crippen LogP contribution in [0.4, 0.5) is 11.6 Å². The summed E-state index contributed by atoms with van der Waals surface area (Å²) in [6.07, 6.45) is 5.13. The smallest absolute Gasteiger partial charge is 0.128 e. The fourth-order valence-corrected chi connectivity index (χ4v) is 7.17. The van der Waals surface area contributed by atoms with E-state index < -0.39 is 0 Å². The van der Waals surface area contributed by atoms with Gasteiger partial charge in [-0.25, -0.2) is 9.97 Å². The summed E-state index contributed by atoms with van der Waals surface area (Å²) in [5.74, 6) is 2.11. The van der Waals surface area contributed by atoms with E-state index in [0.29, 0.717) is 0 Å². The van der Waals surface area contributed by atoms with Crippen molar-refractivity contribution in [3.05, 3.63) is 97.3 Å². The molecule has 1 saturated heterocycles. The third-order valence-electron chi connectivity index (χ3n) is 7.06. The molecular formula is C31H26N4S2. The second kappa shape index (κ2) is 9.61. The molecule has 1 aliphatic rings. The summed E-state index contributed by atoms with van der Waals surface area (Å²) >= 11 is 3.65. The number of rotatable bonds is 4. The van der Waals surface area contributed by atoms with E-state index in [4.69, 9.17) is 9.97 Å². The second-order valence-electron chi connectivity index (χ2n) is 9.43. The third-order valence-corrected chi connectivity index (χ3v) is 9.39. The zero-order valence-corrected chi connectivity index (χ0v) is 22.0. The predicted octanol–water partition coefficient (Wildman–Crippen LogP) is 7.96. The van der Waals surface area contributed by atoms with Gasteiger partial charge >= 0.3 is 0 Å². The monoisotopic (exact) mass is 518 g/mol. The fourth-order valence-electron chi connectivity index (χ4n) is 5.06. The van der Waals surface area contributed by atoms with Crippen LogP contribution in [0.2, 0.25) is 0 Å². The van der Waals surface area contributed by atoms with Gasteiger partial charge in [-0.15, -0.1) is 22.7 Å². The molecule has 4 nitrogen and oxygen atoms in total. The van der Waals surface area contributed by atoms with Crippen molar-refractivity contribution in [3.63, 3.8) is 0 Å². The summed E-state index contributed by atoms with van der Waals surface area (Å²) < 4.78 is 2.64. The third kappa shape index (κ3) is 4.47. The van der Waals surface area contributed by atoms with Gasteiger partial charge in [0.25, 0.3) is 0 Å². The highest BCUT2D eigenvalue weighted by molar-refractivity contribution is 7.22. The van der Waals surface area contributed by atoms with E-state index in [1.807, 2.05) is 35.1 Å². The first-order valence-corrected chi connectivity index (χ1v) is 14.3. The standard InChI is InChI=1S/C31H26N4S2/c1-3-8-26-22(6-1)18-28(36-26)24-10-12-30(32-20-24)34-14-5-15-35(17-16-34)31-13-11-25(21-33-31)29-19-23-7-2-4-9-27(23)37-29/h1-4,6-13,18-21H,5,14-17H2. The topological polar surface area (TPSA) is 32.3 Å². The Hall–Kier alpha value is -3.74. The van der Waals surface area contributed by atoms with E-state index in [0.717, 1.165) is 44.2 Å². The summed E-state index contributed by atoms with van der Waals surface area (Å²) in [5, 5.41) is 2.59. The minimum absolute atomic E-state index is 0.939. The van der Waals surface area contributed by atoms with E-state index in [1.54, 1.807) is 0 Å². The molecule has 0 amide bonds. The van der Waals surface area contributed by atoms with Gasteiger partial charge in [0, 0.05) is 68.9 Å². The van der Waals surface area contributed by atoms with E-state index in [2.05, 4.69) is 94.7 Å². The van der Waals surface area contributed by atoms with Crippen LogP contribution in [0.3, 0.4) is 0 Å². The molecule has 0 spiro atoms. The number of pyridine rings is 2. The lowest BCUT2D eigenvalue weighted by atomic mass is 10.2. The molecule has 0 unspecified atom stereocenters. The first-order chi connectivity index (χ1) is 18.3. The molecule has 0 aliphatic carbocycles. The van der Waals surface area contributed by atoms with Gasteiger partial charge in [0.05, 0.1) is 0 Å². The molecule has 5 heterocycles. The minimum Gasteiger partial charge on any atom is -0.355 e. The lowest BCUT2D eigenvalue weighted by Crippen LogP contribution is -2.31. The molecule has 7 rings (SSSR count). The van der Waals surface area contributed by atoms with Crippen LogP contribution in [-0.2, 0) is 0 Å². The molecule has 182 valence electrons. The molecule has 37 heavy (non-hydrogen) atoms. The molecule has 0 saturated carbocycles. The Balaban J connectivity index is 1.03. The molecule has 0 atom stereocenters. The Morgan fingerprint density at radius 2 is 1.03 bits per heavy atom. The zero-order valence-electron chi connectivity index (χ0n) is 20.4. The van der Waals surface area contributed by atoms with Crippen molar-refractivity contribution in [2.45, 2.75) is 6.42 Å². The number of nitrogens with zero attached hydrogens (tertiary/aromatic N) is 4. The SMILES string of the molecule is c1ccc2sc(-c3ccc(N4CCCN(c5ccc(-c6cc7ccccc7s6)cn5)CC4)nc3)cc2c1. The largest absolute Gasteiger partial charge is 0.355 e. The zero-order chi connectivity index (χ0) is 24.6. The van der Waals surface area contributed by atoms with E-state index in [1.165, 1.54) is 41.1 Å². The maximum atomic E-state index is 4.85.